The fourth-order valence-electron chi connectivity index (χ4n) is 8.76. The Labute approximate surface area is 284 Å². The van der Waals surface area contributed by atoms with E-state index in [1.165, 1.54) is 11.8 Å². The Kier molecular flexibility index (Phi) is 7.07. The molecule has 49 heavy (non-hydrogen) atoms. The van der Waals surface area contributed by atoms with Crippen molar-refractivity contribution in [2.75, 3.05) is 11.5 Å². The molecule has 1 heterocycles. The summed E-state index contributed by atoms with van der Waals surface area (Å²) in [7, 11) is 0. The second-order valence-electron chi connectivity index (χ2n) is 12.8. The maximum Gasteiger partial charge on any atom is 0.239 e. The van der Waals surface area contributed by atoms with Crippen molar-refractivity contribution in [3.63, 3.8) is 0 Å². The van der Waals surface area contributed by atoms with Crippen LogP contribution in [0.3, 0.4) is 0 Å². The predicted molar refractivity (Wildman–Crippen MR) is 188 cm³/mol. The van der Waals surface area contributed by atoms with Gasteiger partial charge in [-0.3, -0.25) is 19.2 Å². The summed E-state index contributed by atoms with van der Waals surface area (Å²) in [5.41, 5.74) is 1.91. The number of ketones is 2. The molecule has 1 saturated carbocycles. The van der Waals surface area contributed by atoms with Crippen molar-refractivity contribution in [1.82, 2.24) is 0 Å². The van der Waals surface area contributed by atoms with E-state index in [4.69, 9.17) is 4.74 Å². The second kappa shape index (κ2) is 11.4. The van der Waals surface area contributed by atoms with Gasteiger partial charge < -0.3 is 4.74 Å². The van der Waals surface area contributed by atoms with Crippen LogP contribution in [-0.4, -0.2) is 30.0 Å². The van der Waals surface area contributed by atoms with E-state index in [0.717, 1.165) is 22.3 Å². The van der Waals surface area contributed by atoms with Crippen LogP contribution in [0.25, 0.3) is 11.1 Å². The largest absolute Gasteiger partial charge is 0.492 e. The smallest absolute Gasteiger partial charge is 0.239 e. The average Bonchev–Trinajstić information content (AvgIpc) is 3.65. The summed E-state index contributed by atoms with van der Waals surface area (Å²) < 4.78 is 5.96. The first-order valence-electron chi connectivity index (χ1n) is 16.6. The van der Waals surface area contributed by atoms with Crippen LogP contribution in [-0.2, 0) is 25.2 Å². The number of carbonyl (C=O) groups excluding carboxylic acids is 4. The Morgan fingerprint density at radius 2 is 1.06 bits per heavy atom. The van der Waals surface area contributed by atoms with E-state index >= 15 is 14.4 Å². The zero-order valence-corrected chi connectivity index (χ0v) is 27.1. The lowest BCUT2D eigenvalue weighted by Gasteiger charge is -2.39. The molecule has 2 bridgehead atoms. The Balaban J connectivity index is 1.53. The summed E-state index contributed by atoms with van der Waals surface area (Å²) in [6.45, 7) is 3.55. The van der Waals surface area contributed by atoms with Crippen LogP contribution in [0.2, 0.25) is 0 Å². The van der Waals surface area contributed by atoms with Crippen LogP contribution < -0.4 is 9.64 Å². The standard InChI is InChI=1S/C43H33NO5/c1-3-49-34-25-24-30(27(2)45)26-33(34)44-39(46)37-38(40(44)47)43(32-22-14-7-15-23-32)36(29-18-10-5-11-19-29)35(28-16-8-4-9-17-28)42(37,41(43)48)31-20-12-6-13-21-31/h4-26,37-38H,3H2,1-2H3/t37-,38-,42-,43-/m0/s1. The summed E-state index contributed by atoms with van der Waals surface area (Å²) in [4.78, 5) is 60.4. The molecule has 8 rings (SSSR count). The molecule has 1 aliphatic heterocycles. The number of imide groups is 1. The maximum absolute atomic E-state index is 16.0. The number of nitrogens with zero attached hydrogens (tertiary/aromatic N) is 1. The molecule has 6 heteroatoms. The van der Waals surface area contributed by atoms with E-state index in [9.17, 15) is 4.79 Å². The quantitative estimate of drug-likeness (QED) is 0.129. The molecule has 0 N–H and O–H groups in total. The number of Topliss-reactive ketones (excluding diaryl/α,β-unsaturated/α-hetero) is 2. The Bertz CT molecular complexity index is 2060. The fraction of sp³-hybridized carbons (Fsp3) is 0.163. The van der Waals surface area contributed by atoms with Gasteiger partial charge >= 0.3 is 0 Å². The predicted octanol–water partition coefficient (Wildman–Crippen LogP) is 7.48. The highest BCUT2D eigenvalue weighted by Gasteiger charge is 2.82. The van der Waals surface area contributed by atoms with E-state index in [1.54, 1.807) is 18.2 Å². The number of ether oxygens (including phenoxy) is 1. The number of anilines is 1. The van der Waals surface area contributed by atoms with Crippen molar-refractivity contribution < 1.29 is 23.9 Å². The van der Waals surface area contributed by atoms with Crippen molar-refractivity contribution in [1.29, 1.82) is 0 Å². The second-order valence-corrected chi connectivity index (χ2v) is 12.8. The van der Waals surface area contributed by atoms with Crippen LogP contribution in [0.1, 0.15) is 46.5 Å². The van der Waals surface area contributed by atoms with E-state index < -0.39 is 34.5 Å². The van der Waals surface area contributed by atoms with Crippen molar-refractivity contribution in [2.24, 2.45) is 11.8 Å². The highest BCUT2D eigenvalue weighted by atomic mass is 16.5. The van der Waals surface area contributed by atoms with Gasteiger partial charge in [0.1, 0.15) is 5.75 Å². The molecule has 4 atom stereocenters. The number of hydrogen-bond donors (Lipinski definition) is 0. The highest BCUT2D eigenvalue weighted by Crippen LogP contribution is 2.74. The van der Waals surface area contributed by atoms with Gasteiger partial charge in [0, 0.05) is 5.56 Å². The Morgan fingerprint density at radius 1 is 0.633 bits per heavy atom. The third-order valence-corrected chi connectivity index (χ3v) is 10.5. The lowest BCUT2D eigenvalue weighted by Crippen LogP contribution is -2.45. The molecule has 5 aromatic carbocycles. The van der Waals surface area contributed by atoms with E-state index in [0.29, 0.717) is 22.4 Å². The lowest BCUT2D eigenvalue weighted by molar-refractivity contribution is -0.130. The molecule has 2 aliphatic carbocycles. The third kappa shape index (κ3) is 4.00. The van der Waals surface area contributed by atoms with Gasteiger partial charge in [0.15, 0.2) is 11.6 Å². The molecular formula is C43H33NO5. The molecule has 0 unspecified atom stereocenters. The number of benzene rings is 5. The summed E-state index contributed by atoms with van der Waals surface area (Å²) in [5, 5.41) is 0. The minimum Gasteiger partial charge on any atom is -0.492 e. The van der Waals surface area contributed by atoms with E-state index in [1.807, 2.05) is 128 Å². The molecule has 2 amide bonds. The van der Waals surface area contributed by atoms with Gasteiger partial charge in [0.05, 0.1) is 35.0 Å². The minimum atomic E-state index is -1.51. The summed E-state index contributed by atoms with van der Waals surface area (Å²) in [6, 6.07) is 43.2. The summed E-state index contributed by atoms with van der Waals surface area (Å²) in [5.74, 6) is -3.22. The van der Waals surface area contributed by atoms with Gasteiger partial charge in [-0.1, -0.05) is 121 Å². The van der Waals surface area contributed by atoms with Crippen molar-refractivity contribution in [2.45, 2.75) is 24.7 Å². The minimum absolute atomic E-state index is 0.186. The first-order valence-corrected chi connectivity index (χ1v) is 16.6. The number of allylic oxidation sites excluding steroid dienone is 2. The van der Waals surface area contributed by atoms with Gasteiger partial charge in [-0.15, -0.1) is 0 Å². The third-order valence-electron chi connectivity index (χ3n) is 10.5. The van der Waals surface area contributed by atoms with Gasteiger partial charge in [0.2, 0.25) is 11.8 Å². The van der Waals surface area contributed by atoms with Crippen LogP contribution in [0.5, 0.6) is 5.75 Å². The highest BCUT2D eigenvalue weighted by molar-refractivity contribution is 6.39. The first-order chi connectivity index (χ1) is 23.9. The monoisotopic (exact) mass is 643 g/mol. The first kappa shape index (κ1) is 30.5. The number of fused-ring (bicyclic) bond motifs is 5. The van der Waals surface area contributed by atoms with Gasteiger partial charge in [0.25, 0.3) is 0 Å². The van der Waals surface area contributed by atoms with Crippen LogP contribution in [0, 0.1) is 11.8 Å². The normalized spacial score (nSPS) is 24.0. The molecule has 240 valence electrons. The van der Waals surface area contributed by atoms with Crippen molar-refractivity contribution in [3.05, 3.63) is 167 Å². The molecule has 3 aliphatic rings. The van der Waals surface area contributed by atoms with Crippen LogP contribution >= 0.6 is 0 Å². The molecule has 1 saturated heterocycles. The molecule has 0 radical (unpaired) electrons. The maximum atomic E-state index is 16.0. The van der Waals surface area contributed by atoms with E-state index in [-0.39, 0.29) is 23.9 Å². The lowest BCUT2D eigenvalue weighted by atomic mass is 9.59. The van der Waals surface area contributed by atoms with Gasteiger partial charge in [-0.25, -0.2) is 4.90 Å². The molecule has 0 aromatic heterocycles. The van der Waals surface area contributed by atoms with Crippen molar-refractivity contribution in [3.8, 4) is 5.75 Å². The van der Waals surface area contributed by atoms with Crippen molar-refractivity contribution >= 4 is 40.2 Å². The van der Waals surface area contributed by atoms with E-state index in [2.05, 4.69) is 0 Å². The molecular weight excluding hydrogens is 610 g/mol. The SMILES string of the molecule is CCOc1ccc(C(C)=O)cc1N1C(=O)[C@@H]2[C@@H](C1=O)[C@@]1(c3ccccc3)C(=O)[C@@]2(c2ccccc2)C(c2ccccc2)=C1c1ccccc1. The zero-order valence-electron chi connectivity index (χ0n) is 27.1. The van der Waals surface area contributed by atoms with Crippen LogP contribution in [0.15, 0.2) is 140 Å². The Morgan fingerprint density at radius 3 is 1.47 bits per heavy atom. The van der Waals surface area contributed by atoms with Crippen LogP contribution in [0.4, 0.5) is 5.69 Å². The molecule has 2 fully saturated rings. The fourth-order valence-corrected chi connectivity index (χ4v) is 8.76. The topological polar surface area (TPSA) is 80.8 Å². The summed E-state index contributed by atoms with van der Waals surface area (Å²) >= 11 is 0. The number of hydrogen-bond acceptors (Lipinski definition) is 5. The van der Waals surface area contributed by atoms with Gasteiger partial charge in [-0.2, -0.15) is 0 Å². The molecule has 0 spiro atoms. The average molecular weight is 644 g/mol. The zero-order chi connectivity index (χ0) is 33.9. The van der Waals surface area contributed by atoms with Gasteiger partial charge in [-0.05, 0) is 65.4 Å². The number of rotatable bonds is 8. The molecule has 5 aromatic rings. The Hall–Kier alpha value is -5.88. The number of amides is 2. The number of carbonyl (C=O) groups is 4. The summed E-state index contributed by atoms with van der Waals surface area (Å²) in [6.07, 6.45) is 0. The molecule has 6 nitrogen and oxygen atoms in total.